The zero-order valence-electron chi connectivity index (χ0n) is 16.1. The highest BCUT2D eigenvalue weighted by molar-refractivity contribution is 5.81. The molecule has 0 fully saturated rings. The third kappa shape index (κ3) is 3.59. The van der Waals surface area contributed by atoms with Crippen molar-refractivity contribution in [3.05, 3.63) is 94.3 Å². The van der Waals surface area contributed by atoms with E-state index in [1.54, 1.807) is 24.3 Å². The van der Waals surface area contributed by atoms with Gasteiger partial charge in [-0.1, -0.05) is 36.4 Å². The van der Waals surface area contributed by atoms with Gasteiger partial charge in [-0.25, -0.2) is 4.98 Å². The number of rotatable bonds is 3. The molecule has 5 rings (SSSR count). The van der Waals surface area contributed by atoms with Crippen molar-refractivity contribution >= 4 is 17.0 Å². The summed E-state index contributed by atoms with van der Waals surface area (Å²) in [5, 5.41) is 0.419. The Morgan fingerprint density at radius 3 is 2.52 bits per heavy atom. The monoisotopic (exact) mass is 420 g/mol. The summed E-state index contributed by atoms with van der Waals surface area (Å²) >= 11 is 0. The molecular formula is C24H15F3N2O2. The molecule has 1 heterocycles. The third-order valence-electron chi connectivity index (χ3n) is 5.14. The maximum atomic E-state index is 13.4. The van der Waals surface area contributed by atoms with Crippen molar-refractivity contribution in [2.45, 2.75) is 12.8 Å². The molecule has 0 saturated carbocycles. The predicted molar refractivity (Wildman–Crippen MR) is 112 cm³/mol. The van der Waals surface area contributed by atoms with Crippen LogP contribution in [0.2, 0.25) is 0 Å². The molecular weight excluding hydrogens is 405 g/mol. The molecule has 0 amide bonds. The number of hydrogen-bond acceptors (Lipinski definition) is 3. The highest BCUT2D eigenvalue weighted by Crippen LogP contribution is 2.29. The number of allylic oxidation sites excluding steroid dienone is 1. The van der Waals surface area contributed by atoms with Gasteiger partial charge in [0.15, 0.2) is 0 Å². The summed E-state index contributed by atoms with van der Waals surface area (Å²) in [6.45, 7) is 0. The molecule has 0 radical (unpaired) electrons. The van der Waals surface area contributed by atoms with Gasteiger partial charge >= 0.3 is 6.36 Å². The van der Waals surface area contributed by atoms with E-state index in [0.29, 0.717) is 22.4 Å². The lowest BCUT2D eigenvalue weighted by molar-refractivity contribution is -0.274. The molecule has 0 atom stereocenters. The van der Waals surface area contributed by atoms with Crippen molar-refractivity contribution in [2.75, 3.05) is 0 Å². The van der Waals surface area contributed by atoms with Crippen LogP contribution in [0, 0.1) is 0 Å². The number of ether oxygens (including phenoxy) is 1. The largest absolute Gasteiger partial charge is 0.573 e. The van der Waals surface area contributed by atoms with Gasteiger partial charge in [-0.05, 0) is 60.0 Å². The Morgan fingerprint density at radius 2 is 1.74 bits per heavy atom. The van der Waals surface area contributed by atoms with Gasteiger partial charge < -0.3 is 4.74 Å². The lowest BCUT2D eigenvalue weighted by Crippen LogP contribution is -2.22. The Balaban J connectivity index is 1.71. The van der Waals surface area contributed by atoms with Crippen LogP contribution >= 0.6 is 0 Å². The molecule has 0 N–H and O–H groups in total. The second-order valence-electron chi connectivity index (χ2n) is 7.15. The fraction of sp³-hybridized carbons (Fsp3) is 0.0833. The van der Waals surface area contributed by atoms with Crippen LogP contribution < -0.4 is 10.3 Å². The van der Waals surface area contributed by atoms with Gasteiger partial charge in [0.2, 0.25) is 0 Å². The molecule has 4 nitrogen and oxygen atoms in total. The average molecular weight is 420 g/mol. The van der Waals surface area contributed by atoms with E-state index in [2.05, 4.69) is 10.8 Å². The first-order valence-electron chi connectivity index (χ1n) is 9.57. The standard InChI is InChI=1S/C24H15F3N2O2/c25-24(26,27)31-19-12-10-18(11-13-19)29-22(17-9-8-15-4-3-5-16(15)14-17)28-21-7-2-1-6-20(21)23(29)30/h1-3,5-14H,4H2. The van der Waals surface area contributed by atoms with Crippen molar-refractivity contribution in [3.8, 4) is 22.8 Å². The maximum Gasteiger partial charge on any atom is 0.573 e. The Bertz CT molecular complexity index is 1390. The fourth-order valence-electron chi connectivity index (χ4n) is 3.75. The van der Waals surface area contributed by atoms with Crippen molar-refractivity contribution < 1.29 is 17.9 Å². The Kier molecular flexibility index (Phi) is 4.39. The van der Waals surface area contributed by atoms with Crippen LogP contribution in [0.3, 0.4) is 0 Å². The Morgan fingerprint density at radius 1 is 0.968 bits per heavy atom. The van der Waals surface area contributed by atoms with Crippen LogP contribution in [-0.2, 0) is 6.42 Å². The molecule has 1 aliphatic carbocycles. The van der Waals surface area contributed by atoms with E-state index in [1.807, 2.05) is 24.3 Å². The number of halogens is 3. The molecule has 0 bridgehead atoms. The zero-order chi connectivity index (χ0) is 21.6. The van der Waals surface area contributed by atoms with E-state index in [4.69, 9.17) is 4.98 Å². The minimum absolute atomic E-state index is 0.305. The molecule has 7 heteroatoms. The van der Waals surface area contributed by atoms with Crippen molar-refractivity contribution in [1.29, 1.82) is 0 Å². The summed E-state index contributed by atoms with van der Waals surface area (Å²) in [7, 11) is 0. The lowest BCUT2D eigenvalue weighted by Gasteiger charge is -2.15. The van der Waals surface area contributed by atoms with Crippen LogP contribution in [0.5, 0.6) is 5.75 Å². The topological polar surface area (TPSA) is 44.1 Å². The van der Waals surface area contributed by atoms with Crippen LogP contribution in [0.15, 0.2) is 77.6 Å². The van der Waals surface area contributed by atoms with Crippen LogP contribution in [0.25, 0.3) is 34.1 Å². The maximum absolute atomic E-state index is 13.4. The number of nitrogens with zero attached hydrogens (tertiary/aromatic N) is 2. The van der Waals surface area contributed by atoms with Crippen LogP contribution in [0.4, 0.5) is 13.2 Å². The molecule has 0 unspecified atom stereocenters. The molecule has 4 aromatic rings. The summed E-state index contributed by atoms with van der Waals surface area (Å²) < 4.78 is 42.9. The summed E-state index contributed by atoms with van der Waals surface area (Å²) in [6.07, 6.45) is 0.153. The minimum Gasteiger partial charge on any atom is -0.406 e. The third-order valence-corrected chi connectivity index (χ3v) is 5.14. The van der Waals surface area contributed by atoms with E-state index in [9.17, 15) is 18.0 Å². The minimum atomic E-state index is -4.79. The normalized spacial score (nSPS) is 12.9. The first-order valence-corrected chi connectivity index (χ1v) is 9.57. The van der Waals surface area contributed by atoms with Crippen molar-refractivity contribution in [2.24, 2.45) is 0 Å². The van der Waals surface area contributed by atoms with Gasteiger partial charge in [-0.15, -0.1) is 13.2 Å². The summed E-state index contributed by atoms with van der Waals surface area (Å²) in [5.74, 6) is 0.0542. The Hall–Kier alpha value is -3.87. The van der Waals surface area contributed by atoms with E-state index < -0.39 is 6.36 Å². The van der Waals surface area contributed by atoms with E-state index in [-0.39, 0.29) is 11.3 Å². The quantitative estimate of drug-likeness (QED) is 0.438. The zero-order valence-corrected chi connectivity index (χ0v) is 16.1. The summed E-state index contributed by atoms with van der Waals surface area (Å²) in [5.41, 5.74) is 3.62. The predicted octanol–water partition coefficient (Wildman–Crippen LogP) is 5.52. The highest BCUT2D eigenvalue weighted by Gasteiger charge is 2.31. The van der Waals surface area contributed by atoms with E-state index in [0.717, 1.165) is 17.5 Å². The number of aromatic nitrogens is 2. The SMILES string of the molecule is O=c1c2ccccc2nc(-c2ccc3c(c2)C=CC3)n1-c1ccc(OC(F)(F)F)cc1. The molecule has 0 aliphatic heterocycles. The number of para-hydroxylation sites is 1. The van der Waals surface area contributed by atoms with Gasteiger partial charge in [0.05, 0.1) is 16.6 Å². The number of alkyl halides is 3. The second-order valence-corrected chi connectivity index (χ2v) is 7.15. The van der Waals surface area contributed by atoms with Crippen LogP contribution in [-0.4, -0.2) is 15.9 Å². The second kappa shape index (κ2) is 7.12. The first kappa shape index (κ1) is 19.1. The number of hydrogen-bond donors (Lipinski definition) is 0. The van der Waals surface area contributed by atoms with Crippen LogP contribution in [0.1, 0.15) is 11.1 Å². The van der Waals surface area contributed by atoms with E-state index in [1.165, 1.54) is 34.4 Å². The van der Waals surface area contributed by atoms with Gasteiger partial charge in [0.1, 0.15) is 11.6 Å². The summed E-state index contributed by atoms with van der Waals surface area (Å²) in [4.78, 5) is 18.1. The van der Waals surface area contributed by atoms with Crippen molar-refractivity contribution in [3.63, 3.8) is 0 Å². The van der Waals surface area contributed by atoms with Gasteiger partial charge in [0.25, 0.3) is 5.56 Å². The molecule has 31 heavy (non-hydrogen) atoms. The molecule has 3 aromatic carbocycles. The first-order chi connectivity index (χ1) is 14.9. The number of benzene rings is 3. The fourth-order valence-corrected chi connectivity index (χ4v) is 3.75. The lowest BCUT2D eigenvalue weighted by atomic mass is 10.0. The summed E-state index contributed by atoms with van der Waals surface area (Å²) in [6, 6.07) is 18.0. The molecule has 0 saturated heterocycles. The van der Waals surface area contributed by atoms with Gasteiger partial charge in [-0.2, -0.15) is 0 Å². The average Bonchev–Trinajstić information content (AvgIpc) is 3.21. The van der Waals surface area contributed by atoms with E-state index >= 15 is 0 Å². The Labute approximate surface area is 174 Å². The molecule has 0 spiro atoms. The van der Waals surface area contributed by atoms with Crippen molar-refractivity contribution in [1.82, 2.24) is 9.55 Å². The molecule has 1 aromatic heterocycles. The smallest absolute Gasteiger partial charge is 0.406 e. The van der Waals surface area contributed by atoms with Gasteiger partial charge in [0, 0.05) is 5.56 Å². The van der Waals surface area contributed by atoms with Gasteiger partial charge in [-0.3, -0.25) is 9.36 Å². The number of fused-ring (bicyclic) bond motifs is 2. The highest BCUT2D eigenvalue weighted by atomic mass is 19.4. The molecule has 154 valence electrons. The molecule has 1 aliphatic rings.